The van der Waals surface area contributed by atoms with Crippen molar-refractivity contribution in [1.82, 2.24) is 4.90 Å². The number of nitrogens with zero attached hydrogens (tertiary/aromatic N) is 1. The summed E-state index contributed by atoms with van der Waals surface area (Å²) in [6.45, 7) is 3.77. The third-order valence-corrected chi connectivity index (χ3v) is 3.72. The summed E-state index contributed by atoms with van der Waals surface area (Å²) in [7, 11) is 1.62. The third kappa shape index (κ3) is 3.26. The summed E-state index contributed by atoms with van der Waals surface area (Å²) < 4.78 is 5.33. The molecule has 2 rings (SSSR count). The zero-order valence-corrected chi connectivity index (χ0v) is 11.6. The molecule has 1 N–H and O–H groups in total. The Hall–Kier alpha value is -1.55. The molecule has 0 spiro atoms. The van der Waals surface area contributed by atoms with Crippen molar-refractivity contribution in [2.24, 2.45) is 0 Å². The second-order valence-corrected chi connectivity index (χ2v) is 5.12. The van der Waals surface area contributed by atoms with Gasteiger partial charge in [0.05, 0.1) is 7.11 Å². The molecule has 1 atom stereocenters. The van der Waals surface area contributed by atoms with Crippen molar-refractivity contribution in [3.05, 3.63) is 29.3 Å². The number of carboxylic acid groups (broad SMARTS) is 1. The molecule has 1 aliphatic rings. The van der Waals surface area contributed by atoms with Crippen LogP contribution in [0.3, 0.4) is 0 Å². The molecule has 1 aliphatic heterocycles. The fraction of sp³-hybridized carbons (Fsp3) is 0.533. The summed E-state index contributed by atoms with van der Waals surface area (Å²) in [5.74, 6) is 0.0292. The maximum Gasteiger partial charge on any atom is 0.321 e. The molecule has 0 amide bonds. The Morgan fingerprint density at radius 1 is 1.42 bits per heavy atom. The standard InChI is InChI=1S/C15H21NO3/c1-11-5-6-14(19-2)12(9-11)10-13(15(17)18)16-7-3-4-8-16/h5-6,9,13H,3-4,7-8,10H2,1-2H3,(H,17,18)/t13-/m0/s1. The minimum Gasteiger partial charge on any atom is -0.496 e. The van der Waals surface area contributed by atoms with Gasteiger partial charge in [0.15, 0.2) is 0 Å². The van der Waals surface area contributed by atoms with Crippen molar-refractivity contribution < 1.29 is 14.6 Å². The number of carbonyl (C=O) groups is 1. The van der Waals surface area contributed by atoms with Crippen molar-refractivity contribution in [3.8, 4) is 5.75 Å². The summed E-state index contributed by atoms with van der Waals surface area (Å²) in [5.41, 5.74) is 2.10. The molecule has 104 valence electrons. The summed E-state index contributed by atoms with van der Waals surface area (Å²) in [6, 6.07) is 5.46. The van der Waals surface area contributed by atoms with Crippen LogP contribution >= 0.6 is 0 Å². The van der Waals surface area contributed by atoms with E-state index in [1.807, 2.05) is 25.1 Å². The molecule has 1 aromatic carbocycles. The van der Waals surface area contributed by atoms with Gasteiger partial charge in [0.2, 0.25) is 0 Å². The highest BCUT2D eigenvalue weighted by atomic mass is 16.5. The molecule has 1 fully saturated rings. The molecule has 0 aliphatic carbocycles. The molecule has 1 heterocycles. The number of carboxylic acids is 1. The second kappa shape index (κ2) is 6.06. The molecule has 19 heavy (non-hydrogen) atoms. The predicted molar refractivity (Wildman–Crippen MR) is 73.7 cm³/mol. The molecule has 1 aromatic rings. The Morgan fingerprint density at radius 3 is 2.68 bits per heavy atom. The fourth-order valence-corrected chi connectivity index (χ4v) is 2.70. The van der Waals surface area contributed by atoms with Crippen molar-refractivity contribution in [1.29, 1.82) is 0 Å². The largest absolute Gasteiger partial charge is 0.496 e. The molecule has 0 radical (unpaired) electrons. The van der Waals surface area contributed by atoms with Crippen LogP contribution in [0.1, 0.15) is 24.0 Å². The van der Waals surface area contributed by atoms with Crippen LogP contribution in [0.5, 0.6) is 5.75 Å². The molecular formula is C15H21NO3. The summed E-state index contributed by atoms with van der Waals surface area (Å²) in [6.07, 6.45) is 2.68. The number of aliphatic carboxylic acids is 1. The highest BCUT2D eigenvalue weighted by Crippen LogP contribution is 2.24. The number of hydrogen-bond acceptors (Lipinski definition) is 3. The maximum atomic E-state index is 11.5. The van der Waals surface area contributed by atoms with Gasteiger partial charge in [-0.05, 0) is 44.5 Å². The van der Waals surface area contributed by atoms with Crippen LogP contribution in [0.2, 0.25) is 0 Å². The van der Waals surface area contributed by atoms with Gasteiger partial charge in [-0.3, -0.25) is 9.69 Å². The Kier molecular flexibility index (Phi) is 4.43. The molecule has 0 aromatic heterocycles. The molecule has 0 bridgehead atoms. The first-order chi connectivity index (χ1) is 9.11. The van der Waals surface area contributed by atoms with E-state index in [4.69, 9.17) is 4.74 Å². The average Bonchev–Trinajstić information content (AvgIpc) is 2.89. The number of ether oxygens (including phenoxy) is 1. The molecule has 1 saturated heterocycles. The number of benzene rings is 1. The van der Waals surface area contributed by atoms with E-state index in [2.05, 4.69) is 4.90 Å². The Labute approximate surface area is 114 Å². The van der Waals surface area contributed by atoms with Gasteiger partial charge < -0.3 is 9.84 Å². The summed E-state index contributed by atoms with van der Waals surface area (Å²) in [5, 5.41) is 9.45. The van der Waals surface area contributed by atoms with Gasteiger partial charge in [0, 0.05) is 6.42 Å². The van der Waals surface area contributed by atoms with Crippen LogP contribution < -0.4 is 4.74 Å². The number of hydrogen-bond donors (Lipinski definition) is 1. The van der Waals surface area contributed by atoms with Crippen LogP contribution in [-0.2, 0) is 11.2 Å². The normalized spacial score (nSPS) is 17.4. The van der Waals surface area contributed by atoms with Crippen molar-refractivity contribution in [2.75, 3.05) is 20.2 Å². The van der Waals surface area contributed by atoms with Crippen LogP contribution in [0, 0.1) is 6.92 Å². The Bertz CT molecular complexity index is 453. The van der Waals surface area contributed by atoms with E-state index in [0.717, 1.165) is 42.8 Å². The lowest BCUT2D eigenvalue weighted by molar-refractivity contribution is -0.142. The van der Waals surface area contributed by atoms with Crippen LogP contribution in [0.15, 0.2) is 18.2 Å². The number of likely N-dealkylation sites (tertiary alicyclic amines) is 1. The summed E-state index contributed by atoms with van der Waals surface area (Å²) in [4.78, 5) is 13.6. The van der Waals surface area contributed by atoms with Crippen LogP contribution in [-0.4, -0.2) is 42.2 Å². The topological polar surface area (TPSA) is 49.8 Å². The lowest BCUT2D eigenvalue weighted by atomic mass is 10.0. The van der Waals surface area contributed by atoms with E-state index >= 15 is 0 Å². The van der Waals surface area contributed by atoms with E-state index in [1.165, 1.54) is 0 Å². The average molecular weight is 263 g/mol. The first kappa shape index (κ1) is 13.9. The van der Waals surface area contributed by atoms with E-state index in [1.54, 1.807) is 7.11 Å². The monoisotopic (exact) mass is 263 g/mol. The molecule has 0 unspecified atom stereocenters. The van der Waals surface area contributed by atoms with Gasteiger partial charge in [0.25, 0.3) is 0 Å². The number of methoxy groups -OCH3 is 1. The number of aryl methyl sites for hydroxylation is 1. The van der Waals surface area contributed by atoms with Gasteiger partial charge in [-0.2, -0.15) is 0 Å². The molecule has 4 heteroatoms. The van der Waals surface area contributed by atoms with E-state index in [9.17, 15) is 9.90 Å². The van der Waals surface area contributed by atoms with E-state index < -0.39 is 12.0 Å². The van der Waals surface area contributed by atoms with Gasteiger partial charge in [-0.25, -0.2) is 0 Å². The van der Waals surface area contributed by atoms with Crippen molar-refractivity contribution in [3.63, 3.8) is 0 Å². The van der Waals surface area contributed by atoms with Crippen molar-refractivity contribution >= 4 is 5.97 Å². The quantitative estimate of drug-likeness (QED) is 0.884. The second-order valence-electron chi connectivity index (χ2n) is 5.12. The van der Waals surface area contributed by atoms with Gasteiger partial charge >= 0.3 is 5.97 Å². The highest BCUT2D eigenvalue weighted by molar-refractivity contribution is 5.74. The summed E-state index contributed by atoms with van der Waals surface area (Å²) >= 11 is 0. The first-order valence-electron chi connectivity index (χ1n) is 6.72. The van der Waals surface area contributed by atoms with Gasteiger partial charge in [-0.1, -0.05) is 17.7 Å². The van der Waals surface area contributed by atoms with E-state index in [-0.39, 0.29) is 0 Å². The highest BCUT2D eigenvalue weighted by Gasteiger charge is 2.28. The Balaban J connectivity index is 2.20. The Morgan fingerprint density at radius 2 is 2.11 bits per heavy atom. The van der Waals surface area contributed by atoms with Crippen LogP contribution in [0.4, 0.5) is 0 Å². The number of rotatable bonds is 5. The zero-order valence-electron chi connectivity index (χ0n) is 11.6. The van der Waals surface area contributed by atoms with Gasteiger partial charge in [-0.15, -0.1) is 0 Å². The SMILES string of the molecule is COc1ccc(C)cc1C[C@@H](C(=O)O)N1CCCC1. The van der Waals surface area contributed by atoms with Gasteiger partial charge in [0.1, 0.15) is 11.8 Å². The minimum absolute atomic E-state index is 0.446. The lowest BCUT2D eigenvalue weighted by Crippen LogP contribution is -2.40. The molecular weight excluding hydrogens is 242 g/mol. The first-order valence-corrected chi connectivity index (χ1v) is 6.72. The third-order valence-electron chi connectivity index (χ3n) is 3.72. The smallest absolute Gasteiger partial charge is 0.321 e. The lowest BCUT2D eigenvalue weighted by Gasteiger charge is -2.24. The minimum atomic E-state index is -0.745. The van der Waals surface area contributed by atoms with Crippen LogP contribution in [0.25, 0.3) is 0 Å². The molecule has 4 nitrogen and oxygen atoms in total. The molecule has 0 saturated carbocycles. The predicted octanol–water partition coefficient (Wildman–Crippen LogP) is 2.10. The zero-order chi connectivity index (χ0) is 13.8. The van der Waals surface area contributed by atoms with Crippen molar-refractivity contribution in [2.45, 2.75) is 32.2 Å². The fourth-order valence-electron chi connectivity index (χ4n) is 2.70. The maximum absolute atomic E-state index is 11.5. The van der Waals surface area contributed by atoms with E-state index in [0.29, 0.717) is 6.42 Å².